The van der Waals surface area contributed by atoms with Crippen LogP contribution in [0.1, 0.15) is 19.8 Å². The van der Waals surface area contributed by atoms with E-state index in [0.717, 1.165) is 17.0 Å². The van der Waals surface area contributed by atoms with Gasteiger partial charge >= 0.3 is 0 Å². The van der Waals surface area contributed by atoms with Gasteiger partial charge < -0.3 is 5.32 Å². The molecule has 0 atom stereocenters. The largest absolute Gasteiger partial charge is 0.356 e. The molecule has 0 heterocycles. The van der Waals surface area contributed by atoms with E-state index in [1.54, 1.807) is 18.2 Å². The summed E-state index contributed by atoms with van der Waals surface area (Å²) in [5.41, 5.74) is 0.273. The van der Waals surface area contributed by atoms with Gasteiger partial charge in [-0.2, -0.15) is 0 Å². The van der Waals surface area contributed by atoms with Crippen molar-refractivity contribution in [1.82, 2.24) is 5.32 Å². The minimum Gasteiger partial charge on any atom is -0.356 e. The quantitative estimate of drug-likeness (QED) is 0.820. The number of rotatable bonds is 7. The number of carbonyl (C=O) groups excluding carboxylic acids is 1. The van der Waals surface area contributed by atoms with Gasteiger partial charge in [0.25, 0.3) is 0 Å². The molecule has 1 amide bonds. The number of amides is 1. The van der Waals surface area contributed by atoms with Crippen LogP contribution in [0.2, 0.25) is 10.0 Å². The highest BCUT2D eigenvalue weighted by Gasteiger charge is 2.21. The highest BCUT2D eigenvalue weighted by atomic mass is 35.5. The second kappa shape index (κ2) is 7.87. The van der Waals surface area contributed by atoms with E-state index in [4.69, 9.17) is 23.2 Å². The van der Waals surface area contributed by atoms with E-state index in [2.05, 4.69) is 5.32 Å². The lowest BCUT2D eigenvalue weighted by atomic mass is 10.3. The van der Waals surface area contributed by atoms with Crippen molar-refractivity contribution in [3.05, 3.63) is 28.2 Å². The highest BCUT2D eigenvalue weighted by Crippen LogP contribution is 2.33. The van der Waals surface area contributed by atoms with Crippen molar-refractivity contribution in [3.63, 3.8) is 0 Å². The van der Waals surface area contributed by atoms with Crippen molar-refractivity contribution in [2.24, 2.45) is 0 Å². The second-order valence-corrected chi connectivity index (χ2v) is 7.20. The Morgan fingerprint density at radius 2 is 2.00 bits per heavy atom. The van der Waals surface area contributed by atoms with Gasteiger partial charge in [-0.15, -0.1) is 0 Å². The first-order valence-electron chi connectivity index (χ1n) is 6.45. The van der Waals surface area contributed by atoms with Crippen molar-refractivity contribution in [1.29, 1.82) is 0 Å². The first-order valence-corrected chi connectivity index (χ1v) is 9.06. The van der Waals surface area contributed by atoms with Crippen LogP contribution in [0.15, 0.2) is 18.2 Å². The molecule has 8 heteroatoms. The Morgan fingerprint density at radius 1 is 1.33 bits per heavy atom. The van der Waals surface area contributed by atoms with Crippen molar-refractivity contribution in [3.8, 4) is 0 Å². The summed E-state index contributed by atoms with van der Waals surface area (Å²) in [5, 5.41) is 3.11. The van der Waals surface area contributed by atoms with Crippen molar-refractivity contribution in [2.45, 2.75) is 19.8 Å². The zero-order valence-corrected chi connectivity index (χ0v) is 14.2. The zero-order chi connectivity index (χ0) is 16.0. The van der Waals surface area contributed by atoms with Crippen molar-refractivity contribution >= 4 is 44.8 Å². The molecule has 0 aliphatic rings. The first-order chi connectivity index (χ1) is 9.77. The summed E-state index contributed by atoms with van der Waals surface area (Å²) in [5.74, 6) is -0.205. The topological polar surface area (TPSA) is 66.5 Å². The Morgan fingerprint density at radius 3 is 2.57 bits per heavy atom. The monoisotopic (exact) mass is 352 g/mol. The summed E-state index contributed by atoms with van der Waals surface area (Å²) in [7, 11) is -3.56. The lowest BCUT2D eigenvalue weighted by Gasteiger charge is -2.23. The van der Waals surface area contributed by atoms with Crippen LogP contribution in [0.25, 0.3) is 0 Å². The molecule has 1 rings (SSSR count). The minimum atomic E-state index is -3.56. The third kappa shape index (κ3) is 5.37. The fraction of sp³-hybridized carbons (Fsp3) is 0.462. The van der Waals surface area contributed by atoms with Gasteiger partial charge in [0.2, 0.25) is 15.9 Å². The van der Waals surface area contributed by atoms with Gasteiger partial charge in [0.15, 0.2) is 0 Å². The van der Waals surface area contributed by atoms with Crippen LogP contribution in [0, 0.1) is 0 Å². The number of sulfonamides is 1. The fourth-order valence-electron chi connectivity index (χ4n) is 1.71. The van der Waals surface area contributed by atoms with Crippen LogP contribution in [-0.4, -0.2) is 33.7 Å². The zero-order valence-electron chi connectivity index (χ0n) is 11.9. The molecule has 118 valence electrons. The average Bonchev–Trinajstić information content (AvgIpc) is 2.39. The van der Waals surface area contributed by atoms with Gasteiger partial charge in [0.05, 0.1) is 22.0 Å². The Bertz CT molecular complexity index is 605. The summed E-state index contributed by atoms with van der Waals surface area (Å²) in [4.78, 5) is 11.6. The Labute approximate surface area is 135 Å². The normalized spacial score (nSPS) is 11.2. The molecule has 0 saturated heterocycles. The molecule has 5 nitrogen and oxygen atoms in total. The maximum Gasteiger partial charge on any atom is 0.232 e. The van der Waals surface area contributed by atoms with E-state index in [0.29, 0.717) is 6.54 Å². The van der Waals surface area contributed by atoms with Gasteiger partial charge in [-0.05, 0) is 18.6 Å². The molecule has 0 radical (unpaired) electrons. The maximum atomic E-state index is 11.9. The summed E-state index contributed by atoms with van der Waals surface area (Å²) in [6.45, 7) is 2.51. The Hall–Kier alpha value is -0.980. The number of carbonyl (C=O) groups is 1. The summed E-state index contributed by atoms with van der Waals surface area (Å²) >= 11 is 12.0. The smallest absolute Gasteiger partial charge is 0.232 e. The van der Waals surface area contributed by atoms with Crippen LogP contribution in [0.4, 0.5) is 5.69 Å². The number of hydrogen-bond acceptors (Lipinski definition) is 3. The molecule has 1 aromatic carbocycles. The van der Waals surface area contributed by atoms with E-state index in [1.165, 1.54) is 0 Å². The molecule has 1 N–H and O–H groups in total. The number of benzene rings is 1. The van der Waals surface area contributed by atoms with Crippen LogP contribution in [0.5, 0.6) is 0 Å². The molecule has 0 aliphatic carbocycles. The van der Waals surface area contributed by atoms with Crippen LogP contribution >= 0.6 is 23.2 Å². The third-order valence-corrected chi connectivity index (χ3v) is 4.70. The van der Waals surface area contributed by atoms with E-state index < -0.39 is 10.0 Å². The predicted octanol–water partition coefficient (Wildman–Crippen LogP) is 2.68. The Balaban J connectivity index is 2.93. The van der Waals surface area contributed by atoms with Crippen molar-refractivity contribution < 1.29 is 13.2 Å². The standard InChI is InChI=1S/C13H18Cl2N2O3S/c1-3-8-16-12(18)7-9-17(21(2,19)20)11-6-4-5-10(14)13(11)15/h4-6H,3,7-9H2,1-2H3,(H,16,18). The minimum absolute atomic E-state index is 0.00838. The predicted molar refractivity (Wildman–Crippen MR) is 86.6 cm³/mol. The molecule has 21 heavy (non-hydrogen) atoms. The van der Waals surface area contributed by atoms with Crippen LogP contribution in [0.3, 0.4) is 0 Å². The van der Waals surface area contributed by atoms with Gasteiger partial charge in [0.1, 0.15) is 0 Å². The number of halogens is 2. The SMILES string of the molecule is CCCNC(=O)CCN(c1cccc(Cl)c1Cl)S(C)(=O)=O. The lowest BCUT2D eigenvalue weighted by molar-refractivity contribution is -0.120. The van der Waals surface area contributed by atoms with Gasteiger partial charge in [-0.1, -0.05) is 36.2 Å². The molecule has 1 aromatic rings. The van der Waals surface area contributed by atoms with Gasteiger partial charge in [0, 0.05) is 19.5 Å². The molecule has 0 unspecified atom stereocenters. The van der Waals surface area contributed by atoms with E-state index in [1.807, 2.05) is 6.92 Å². The summed E-state index contributed by atoms with van der Waals surface area (Å²) in [6.07, 6.45) is 1.94. The van der Waals surface area contributed by atoms with E-state index in [9.17, 15) is 13.2 Å². The molecule has 0 spiro atoms. The number of hydrogen-bond donors (Lipinski definition) is 1. The Kier molecular flexibility index (Phi) is 6.77. The second-order valence-electron chi connectivity index (χ2n) is 4.51. The van der Waals surface area contributed by atoms with Gasteiger partial charge in [-0.25, -0.2) is 8.42 Å². The van der Waals surface area contributed by atoms with Gasteiger partial charge in [-0.3, -0.25) is 9.10 Å². The maximum absolute atomic E-state index is 11.9. The number of nitrogens with one attached hydrogen (secondary N) is 1. The lowest BCUT2D eigenvalue weighted by Crippen LogP contribution is -2.35. The number of anilines is 1. The molecule has 0 saturated carbocycles. The molecule has 0 fully saturated rings. The van der Waals surface area contributed by atoms with Crippen LogP contribution < -0.4 is 9.62 Å². The van der Waals surface area contributed by atoms with Crippen LogP contribution in [-0.2, 0) is 14.8 Å². The summed E-state index contributed by atoms with van der Waals surface area (Å²) < 4.78 is 24.9. The van der Waals surface area contributed by atoms with Crippen molar-refractivity contribution in [2.75, 3.05) is 23.7 Å². The number of nitrogens with zero attached hydrogens (tertiary/aromatic N) is 1. The molecular weight excluding hydrogens is 335 g/mol. The third-order valence-electron chi connectivity index (χ3n) is 2.71. The molecule has 0 bridgehead atoms. The molecule has 0 aliphatic heterocycles. The highest BCUT2D eigenvalue weighted by molar-refractivity contribution is 7.92. The average molecular weight is 353 g/mol. The van der Waals surface area contributed by atoms with E-state index in [-0.39, 0.29) is 34.6 Å². The molecular formula is C13H18Cl2N2O3S. The fourth-order valence-corrected chi connectivity index (χ4v) is 3.09. The first kappa shape index (κ1) is 18.1. The van der Waals surface area contributed by atoms with E-state index >= 15 is 0 Å². The molecule has 0 aromatic heterocycles. The summed E-state index contributed by atoms with van der Waals surface area (Å²) in [6, 6.07) is 4.74.